The van der Waals surface area contributed by atoms with E-state index >= 15 is 0 Å². The number of rotatable bonds is 4. The van der Waals surface area contributed by atoms with Gasteiger partial charge in [0.25, 0.3) is 5.56 Å². The molecule has 23 heavy (non-hydrogen) atoms. The molecule has 2 aromatic rings. The lowest BCUT2D eigenvalue weighted by atomic mass is 10.0. The van der Waals surface area contributed by atoms with Crippen LogP contribution in [0.25, 0.3) is 0 Å². The van der Waals surface area contributed by atoms with Gasteiger partial charge in [0.05, 0.1) is 17.3 Å². The van der Waals surface area contributed by atoms with E-state index in [1.807, 2.05) is 24.3 Å². The average molecular weight is 308 g/mol. The summed E-state index contributed by atoms with van der Waals surface area (Å²) in [4.78, 5) is 21.9. The molecular formula is C18H20N4O. The monoisotopic (exact) mass is 308 g/mol. The van der Waals surface area contributed by atoms with Crippen molar-refractivity contribution in [3.8, 4) is 6.07 Å². The molecule has 0 atom stereocenters. The summed E-state index contributed by atoms with van der Waals surface area (Å²) in [6, 6.07) is 9.91. The molecule has 0 saturated carbocycles. The molecule has 1 N–H and O–H groups in total. The van der Waals surface area contributed by atoms with Crippen LogP contribution in [0.1, 0.15) is 41.6 Å². The standard InChI is InChI=1S/C18H20N4O/c1-2-5-17-20-16-12-22(9-8-15(16)18(23)21-17)11-14-7-4-3-6-13(14)10-19/h3-4,6-7H,2,5,8-9,11-12H2,1H3,(H,20,21,23). The van der Waals surface area contributed by atoms with Crippen molar-refractivity contribution in [1.29, 1.82) is 5.26 Å². The molecule has 0 saturated heterocycles. The molecule has 1 aliphatic heterocycles. The van der Waals surface area contributed by atoms with Gasteiger partial charge >= 0.3 is 0 Å². The molecule has 0 bridgehead atoms. The smallest absolute Gasteiger partial charge is 0.254 e. The van der Waals surface area contributed by atoms with Gasteiger partial charge in [-0.1, -0.05) is 25.1 Å². The van der Waals surface area contributed by atoms with Gasteiger partial charge < -0.3 is 4.98 Å². The van der Waals surface area contributed by atoms with Crippen molar-refractivity contribution in [2.45, 2.75) is 39.3 Å². The maximum Gasteiger partial charge on any atom is 0.254 e. The highest BCUT2D eigenvalue weighted by atomic mass is 16.1. The summed E-state index contributed by atoms with van der Waals surface area (Å²) in [6.45, 7) is 4.26. The number of aryl methyl sites for hydroxylation is 1. The van der Waals surface area contributed by atoms with Crippen LogP contribution in [0.5, 0.6) is 0 Å². The van der Waals surface area contributed by atoms with E-state index in [-0.39, 0.29) is 5.56 Å². The summed E-state index contributed by atoms with van der Waals surface area (Å²) in [6.07, 6.45) is 2.46. The van der Waals surface area contributed by atoms with Crippen LogP contribution in [0.2, 0.25) is 0 Å². The van der Waals surface area contributed by atoms with Crippen molar-refractivity contribution < 1.29 is 0 Å². The summed E-state index contributed by atoms with van der Waals surface area (Å²) < 4.78 is 0. The maximum absolute atomic E-state index is 12.2. The van der Waals surface area contributed by atoms with E-state index in [0.29, 0.717) is 25.1 Å². The number of H-pyrrole nitrogens is 1. The lowest BCUT2D eigenvalue weighted by Gasteiger charge is -2.28. The molecule has 118 valence electrons. The van der Waals surface area contributed by atoms with Crippen LogP contribution in [0, 0.1) is 11.3 Å². The van der Waals surface area contributed by atoms with Gasteiger partial charge in [0.15, 0.2) is 0 Å². The number of nitrogens with one attached hydrogen (secondary N) is 1. The van der Waals surface area contributed by atoms with Crippen LogP contribution in [-0.2, 0) is 25.9 Å². The van der Waals surface area contributed by atoms with Gasteiger partial charge in [0, 0.05) is 31.6 Å². The van der Waals surface area contributed by atoms with Crippen molar-refractivity contribution in [2.75, 3.05) is 6.54 Å². The maximum atomic E-state index is 12.2. The number of aromatic nitrogens is 2. The molecule has 0 fully saturated rings. The number of hydrogen-bond acceptors (Lipinski definition) is 4. The Kier molecular flexibility index (Phi) is 4.54. The SMILES string of the molecule is CCCc1nc2c(c(=O)[nH]1)CCN(Cc1ccccc1C#N)C2. The first kappa shape index (κ1) is 15.4. The Bertz CT molecular complexity index is 803. The summed E-state index contributed by atoms with van der Waals surface area (Å²) in [5, 5.41) is 9.21. The van der Waals surface area contributed by atoms with Gasteiger partial charge in [-0.05, 0) is 24.5 Å². The predicted octanol–water partition coefficient (Wildman–Crippen LogP) is 2.15. The Morgan fingerprint density at radius 3 is 3.00 bits per heavy atom. The van der Waals surface area contributed by atoms with Gasteiger partial charge in [0.1, 0.15) is 5.82 Å². The van der Waals surface area contributed by atoms with Crippen molar-refractivity contribution in [2.24, 2.45) is 0 Å². The van der Waals surface area contributed by atoms with Gasteiger partial charge in [-0.2, -0.15) is 5.26 Å². The molecule has 5 heteroatoms. The Morgan fingerprint density at radius 2 is 2.22 bits per heavy atom. The largest absolute Gasteiger partial charge is 0.310 e. The molecule has 0 spiro atoms. The molecule has 0 unspecified atom stereocenters. The van der Waals surface area contributed by atoms with E-state index in [1.165, 1.54) is 0 Å². The third kappa shape index (κ3) is 3.33. The van der Waals surface area contributed by atoms with Gasteiger partial charge in [0.2, 0.25) is 0 Å². The highest BCUT2D eigenvalue weighted by Crippen LogP contribution is 2.18. The van der Waals surface area contributed by atoms with Crippen LogP contribution in [0.3, 0.4) is 0 Å². The molecule has 0 amide bonds. The zero-order valence-electron chi connectivity index (χ0n) is 13.3. The fourth-order valence-electron chi connectivity index (χ4n) is 3.04. The number of fused-ring (bicyclic) bond motifs is 1. The van der Waals surface area contributed by atoms with Gasteiger partial charge in [-0.25, -0.2) is 4.98 Å². The van der Waals surface area contributed by atoms with Crippen LogP contribution >= 0.6 is 0 Å². The first-order chi connectivity index (χ1) is 11.2. The van der Waals surface area contributed by atoms with E-state index in [0.717, 1.165) is 42.0 Å². The first-order valence-corrected chi connectivity index (χ1v) is 8.02. The number of aromatic amines is 1. The molecule has 3 rings (SSSR count). The van der Waals surface area contributed by atoms with E-state index in [4.69, 9.17) is 0 Å². The zero-order valence-corrected chi connectivity index (χ0v) is 13.3. The Balaban J connectivity index is 1.82. The second-order valence-corrected chi connectivity index (χ2v) is 5.92. The average Bonchev–Trinajstić information content (AvgIpc) is 2.55. The number of nitrogens with zero attached hydrogens (tertiary/aromatic N) is 3. The first-order valence-electron chi connectivity index (χ1n) is 8.02. The second kappa shape index (κ2) is 6.76. The molecule has 1 aliphatic rings. The van der Waals surface area contributed by atoms with Crippen molar-refractivity contribution in [1.82, 2.24) is 14.9 Å². The molecule has 0 aliphatic carbocycles. The van der Waals surface area contributed by atoms with Crippen molar-refractivity contribution in [3.63, 3.8) is 0 Å². The molecular weight excluding hydrogens is 288 g/mol. The zero-order chi connectivity index (χ0) is 16.2. The van der Waals surface area contributed by atoms with E-state index in [9.17, 15) is 10.1 Å². The van der Waals surface area contributed by atoms with Crippen LogP contribution in [0.4, 0.5) is 0 Å². The van der Waals surface area contributed by atoms with E-state index in [2.05, 4.69) is 27.9 Å². The fraction of sp³-hybridized carbons (Fsp3) is 0.389. The molecule has 0 radical (unpaired) electrons. The van der Waals surface area contributed by atoms with Crippen LogP contribution in [0.15, 0.2) is 29.1 Å². The van der Waals surface area contributed by atoms with Crippen molar-refractivity contribution in [3.05, 3.63) is 62.8 Å². The Hall–Kier alpha value is -2.45. The minimum Gasteiger partial charge on any atom is -0.310 e. The van der Waals surface area contributed by atoms with Gasteiger partial charge in [-0.15, -0.1) is 0 Å². The fourth-order valence-corrected chi connectivity index (χ4v) is 3.04. The lowest BCUT2D eigenvalue weighted by Crippen LogP contribution is -2.35. The highest BCUT2D eigenvalue weighted by Gasteiger charge is 2.21. The summed E-state index contributed by atoms with van der Waals surface area (Å²) in [5.74, 6) is 0.774. The summed E-state index contributed by atoms with van der Waals surface area (Å²) >= 11 is 0. The minimum atomic E-state index is 0.00975. The van der Waals surface area contributed by atoms with Crippen LogP contribution in [-0.4, -0.2) is 21.4 Å². The third-order valence-electron chi connectivity index (χ3n) is 4.22. The summed E-state index contributed by atoms with van der Waals surface area (Å²) in [5.41, 5.74) is 3.45. The normalized spacial score (nSPS) is 14.3. The van der Waals surface area contributed by atoms with Gasteiger partial charge in [-0.3, -0.25) is 9.69 Å². The number of benzene rings is 1. The minimum absolute atomic E-state index is 0.00975. The van der Waals surface area contributed by atoms with Crippen LogP contribution < -0.4 is 5.56 Å². The molecule has 5 nitrogen and oxygen atoms in total. The molecule has 1 aromatic heterocycles. The Morgan fingerprint density at radius 1 is 1.39 bits per heavy atom. The lowest BCUT2D eigenvalue weighted by molar-refractivity contribution is 0.240. The molecule has 1 aromatic carbocycles. The summed E-state index contributed by atoms with van der Waals surface area (Å²) in [7, 11) is 0. The number of nitriles is 1. The van der Waals surface area contributed by atoms with E-state index < -0.39 is 0 Å². The predicted molar refractivity (Wildman–Crippen MR) is 87.8 cm³/mol. The third-order valence-corrected chi connectivity index (χ3v) is 4.22. The second-order valence-electron chi connectivity index (χ2n) is 5.92. The Labute approximate surface area is 135 Å². The van der Waals surface area contributed by atoms with E-state index in [1.54, 1.807) is 0 Å². The number of hydrogen-bond donors (Lipinski definition) is 1. The highest BCUT2D eigenvalue weighted by molar-refractivity contribution is 5.37. The van der Waals surface area contributed by atoms with Crippen molar-refractivity contribution >= 4 is 0 Å². The quantitative estimate of drug-likeness (QED) is 0.939. The topological polar surface area (TPSA) is 72.8 Å². The molecule has 2 heterocycles.